The van der Waals surface area contributed by atoms with E-state index in [9.17, 15) is 9.59 Å². The van der Waals surface area contributed by atoms with Crippen molar-refractivity contribution in [1.82, 2.24) is 5.32 Å². The van der Waals surface area contributed by atoms with E-state index < -0.39 is 11.4 Å². The Morgan fingerprint density at radius 3 is 2.35 bits per heavy atom. The van der Waals surface area contributed by atoms with Crippen LogP contribution in [0.2, 0.25) is 0 Å². The van der Waals surface area contributed by atoms with Crippen LogP contribution in [0.3, 0.4) is 0 Å². The van der Waals surface area contributed by atoms with Gasteiger partial charge in [0, 0.05) is 12.5 Å². The Morgan fingerprint density at radius 1 is 1.35 bits per heavy atom. The number of rotatable bonds is 5. The van der Waals surface area contributed by atoms with E-state index in [1.165, 1.54) is 25.7 Å². The van der Waals surface area contributed by atoms with Crippen LogP contribution >= 0.6 is 0 Å². The molecule has 1 fully saturated rings. The zero-order valence-corrected chi connectivity index (χ0v) is 11.0. The average molecular weight is 241 g/mol. The summed E-state index contributed by atoms with van der Waals surface area (Å²) in [6.45, 7) is 5.17. The van der Waals surface area contributed by atoms with E-state index in [0.717, 1.165) is 0 Å². The third-order valence-electron chi connectivity index (χ3n) is 3.68. The molecule has 0 heterocycles. The van der Waals surface area contributed by atoms with E-state index in [-0.39, 0.29) is 18.4 Å². The van der Waals surface area contributed by atoms with Gasteiger partial charge in [0.15, 0.2) is 0 Å². The zero-order valence-electron chi connectivity index (χ0n) is 11.0. The number of nitrogens with one attached hydrogen (secondary N) is 1. The summed E-state index contributed by atoms with van der Waals surface area (Å²) in [6, 6.07) is 0.162. The van der Waals surface area contributed by atoms with Gasteiger partial charge < -0.3 is 10.4 Å². The van der Waals surface area contributed by atoms with Gasteiger partial charge in [-0.3, -0.25) is 9.59 Å². The van der Waals surface area contributed by atoms with Crippen molar-refractivity contribution in [2.75, 3.05) is 0 Å². The summed E-state index contributed by atoms with van der Waals surface area (Å²) in [7, 11) is 0. The first kappa shape index (κ1) is 14.0. The quantitative estimate of drug-likeness (QED) is 0.775. The Morgan fingerprint density at radius 2 is 1.88 bits per heavy atom. The average Bonchev–Trinajstić information content (AvgIpc) is 2.68. The molecule has 0 aromatic rings. The molecular weight excluding hydrogens is 218 g/mol. The molecule has 1 aliphatic rings. The summed E-state index contributed by atoms with van der Waals surface area (Å²) in [6.07, 6.45) is 4.87. The van der Waals surface area contributed by atoms with Gasteiger partial charge in [0.05, 0.1) is 5.41 Å². The van der Waals surface area contributed by atoms with Crippen LogP contribution < -0.4 is 5.32 Å². The highest BCUT2D eigenvalue weighted by Crippen LogP contribution is 2.28. The molecular formula is C13H23NO3. The van der Waals surface area contributed by atoms with Crippen molar-refractivity contribution in [3.8, 4) is 0 Å². The van der Waals surface area contributed by atoms with Gasteiger partial charge >= 0.3 is 5.97 Å². The number of carbonyl (C=O) groups is 2. The number of aliphatic carboxylic acids is 1. The molecule has 0 saturated heterocycles. The Kier molecular flexibility index (Phi) is 4.54. The third-order valence-corrected chi connectivity index (χ3v) is 3.68. The topological polar surface area (TPSA) is 66.4 Å². The predicted octanol–water partition coefficient (Wildman–Crippen LogP) is 2.18. The Bertz CT molecular complexity index is 293. The van der Waals surface area contributed by atoms with E-state index in [2.05, 4.69) is 5.32 Å². The summed E-state index contributed by atoms with van der Waals surface area (Å²) < 4.78 is 0. The molecule has 0 aromatic carbocycles. The van der Waals surface area contributed by atoms with E-state index in [1.54, 1.807) is 13.8 Å². The predicted molar refractivity (Wildman–Crippen MR) is 65.6 cm³/mol. The van der Waals surface area contributed by atoms with Gasteiger partial charge in [0.2, 0.25) is 5.91 Å². The summed E-state index contributed by atoms with van der Waals surface area (Å²) in [5.74, 6) is -0.523. The standard InChI is InChI=1S/C13H23NO3/c1-9(10-6-4-5-7-10)14-11(15)8-13(2,3)12(16)17/h9-10H,4-8H2,1-3H3,(H,14,15)(H,16,17)/t9-/m1/s1. The first-order valence-corrected chi connectivity index (χ1v) is 6.35. The van der Waals surface area contributed by atoms with Crippen LogP contribution in [0, 0.1) is 11.3 Å². The second-order valence-electron chi connectivity index (χ2n) is 5.77. The van der Waals surface area contributed by atoms with Crippen molar-refractivity contribution in [1.29, 1.82) is 0 Å². The zero-order chi connectivity index (χ0) is 13.1. The van der Waals surface area contributed by atoms with Crippen molar-refractivity contribution in [3.63, 3.8) is 0 Å². The van der Waals surface area contributed by atoms with E-state index in [0.29, 0.717) is 5.92 Å². The molecule has 17 heavy (non-hydrogen) atoms. The fraction of sp³-hybridized carbons (Fsp3) is 0.846. The number of hydrogen-bond donors (Lipinski definition) is 2. The lowest BCUT2D eigenvalue weighted by Crippen LogP contribution is -2.40. The lowest BCUT2D eigenvalue weighted by atomic mass is 9.89. The van der Waals surface area contributed by atoms with Crippen LogP contribution in [-0.4, -0.2) is 23.0 Å². The first-order chi connectivity index (χ1) is 7.83. The van der Waals surface area contributed by atoms with Gasteiger partial charge in [0.25, 0.3) is 0 Å². The van der Waals surface area contributed by atoms with Gasteiger partial charge in [-0.2, -0.15) is 0 Å². The Balaban J connectivity index is 2.41. The maximum absolute atomic E-state index is 11.8. The second-order valence-corrected chi connectivity index (χ2v) is 5.77. The van der Waals surface area contributed by atoms with Crippen molar-refractivity contribution in [3.05, 3.63) is 0 Å². The molecule has 1 atom stereocenters. The van der Waals surface area contributed by atoms with E-state index in [4.69, 9.17) is 5.11 Å². The molecule has 0 bridgehead atoms. The third kappa shape index (κ3) is 4.02. The smallest absolute Gasteiger partial charge is 0.309 e. The van der Waals surface area contributed by atoms with Crippen LogP contribution in [0.4, 0.5) is 0 Å². The van der Waals surface area contributed by atoms with Crippen LogP contribution in [0.1, 0.15) is 52.9 Å². The number of carbonyl (C=O) groups excluding carboxylic acids is 1. The van der Waals surface area contributed by atoms with Gasteiger partial charge in [0.1, 0.15) is 0 Å². The normalized spacial score (nSPS) is 19.0. The molecule has 0 unspecified atom stereocenters. The minimum Gasteiger partial charge on any atom is -0.481 e. The Labute approximate surface area is 103 Å². The van der Waals surface area contributed by atoms with Crippen molar-refractivity contribution >= 4 is 11.9 Å². The van der Waals surface area contributed by atoms with Crippen LogP contribution in [0.15, 0.2) is 0 Å². The van der Waals surface area contributed by atoms with Gasteiger partial charge in [-0.15, -0.1) is 0 Å². The maximum Gasteiger partial charge on any atom is 0.309 e. The van der Waals surface area contributed by atoms with Gasteiger partial charge in [-0.1, -0.05) is 12.8 Å². The molecule has 1 aliphatic carbocycles. The molecule has 98 valence electrons. The van der Waals surface area contributed by atoms with Crippen molar-refractivity contribution in [2.45, 2.75) is 58.9 Å². The minimum absolute atomic E-state index is 0.0411. The van der Waals surface area contributed by atoms with Crippen LogP contribution in [0.25, 0.3) is 0 Å². The summed E-state index contributed by atoms with van der Waals surface area (Å²) in [5, 5.41) is 11.9. The highest BCUT2D eigenvalue weighted by Gasteiger charge is 2.31. The molecule has 1 saturated carbocycles. The summed E-state index contributed by atoms with van der Waals surface area (Å²) in [4.78, 5) is 22.7. The van der Waals surface area contributed by atoms with E-state index in [1.807, 2.05) is 6.92 Å². The largest absolute Gasteiger partial charge is 0.481 e. The summed E-state index contributed by atoms with van der Waals surface area (Å²) in [5.41, 5.74) is -0.987. The molecule has 4 nitrogen and oxygen atoms in total. The number of carboxylic acids is 1. The highest BCUT2D eigenvalue weighted by molar-refractivity contribution is 5.84. The maximum atomic E-state index is 11.8. The summed E-state index contributed by atoms with van der Waals surface area (Å²) >= 11 is 0. The SMILES string of the molecule is C[C@@H](NC(=O)CC(C)(C)C(=O)O)C1CCCC1. The van der Waals surface area contributed by atoms with Crippen LogP contribution in [-0.2, 0) is 9.59 Å². The second kappa shape index (κ2) is 5.52. The fourth-order valence-corrected chi connectivity index (χ4v) is 2.36. The highest BCUT2D eigenvalue weighted by atomic mass is 16.4. The lowest BCUT2D eigenvalue weighted by molar-refractivity contribution is -0.149. The molecule has 2 N–H and O–H groups in total. The lowest BCUT2D eigenvalue weighted by Gasteiger charge is -2.23. The van der Waals surface area contributed by atoms with Crippen molar-refractivity contribution in [2.24, 2.45) is 11.3 Å². The van der Waals surface area contributed by atoms with Gasteiger partial charge in [-0.05, 0) is 39.5 Å². The minimum atomic E-state index is -0.987. The molecule has 0 spiro atoms. The molecule has 0 aliphatic heterocycles. The molecule has 1 rings (SSSR count). The fourth-order valence-electron chi connectivity index (χ4n) is 2.36. The van der Waals surface area contributed by atoms with Crippen molar-refractivity contribution < 1.29 is 14.7 Å². The number of hydrogen-bond acceptors (Lipinski definition) is 2. The first-order valence-electron chi connectivity index (χ1n) is 6.35. The monoisotopic (exact) mass is 241 g/mol. The Hall–Kier alpha value is -1.06. The molecule has 0 aromatic heterocycles. The molecule has 0 radical (unpaired) electrons. The van der Waals surface area contributed by atoms with Crippen LogP contribution in [0.5, 0.6) is 0 Å². The van der Waals surface area contributed by atoms with E-state index >= 15 is 0 Å². The molecule has 1 amide bonds. The molecule has 4 heteroatoms. The number of carboxylic acid groups (broad SMARTS) is 1. The van der Waals surface area contributed by atoms with Gasteiger partial charge in [-0.25, -0.2) is 0 Å². The number of amides is 1.